The van der Waals surface area contributed by atoms with Gasteiger partial charge in [0.2, 0.25) is 0 Å². The Morgan fingerprint density at radius 3 is 2.33 bits per heavy atom. The number of quaternary nitrogens is 2. The molecule has 0 atom stereocenters. The van der Waals surface area contributed by atoms with Gasteiger partial charge in [-0.1, -0.05) is 40.9 Å². The van der Waals surface area contributed by atoms with Gasteiger partial charge in [-0.15, -0.1) is 0 Å². The number of hydrogen-bond donors (Lipinski definition) is 2. The molecule has 1 aromatic carbocycles. The summed E-state index contributed by atoms with van der Waals surface area (Å²) in [6.45, 7) is 6.65. The summed E-state index contributed by atoms with van der Waals surface area (Å²) in [5.74, 6) is 0. The Hall–Kier alpha value is -0.380. The molecule has 1 saturated carbocycles. The molecule has 0 spiro atoms. The zero-order valence-corrected chi connectivity index (χ0v) is 14.6. The lowest BCUT2D eigenvalue weighted by atomic mass is 10.1. The van der Waals surface area contributed by atoms with Crippen molar-refractivity contribution in [2.75, 3.05) is 26.2 Å². The first-order valence-corrected chi connectivity index (χ1v) is 9.53. The van der Waals surface area contributed by atoms with E-state index in [1.165, 1.54) is 81.3 Å². The Kier molecular flexibility index (Phi) is 5.73. The Balaban J connectivity index is 1.48. The maximum atomic E-state index is 3.58. The number of benzene rings is 1. The molecule has 0 radical (unpaired) electrons. The molecule has 0 amide bonds. The molecule has 2 nitrogen and oxygen atoms in total. The van der Waals surface area contributed by atoms with Crippen LogP contribution in [0.2, 0.25) is 0 Å². The molecule has 2 N–H and O–H groups in total. The molecule has 2 fully saturated rings. The first-order valence-electron chi connectivity index (χ1n) is 8.74. The maximum absolute atomic E-state index is 3.58. The molecule has 1 saturated heterocycles. The van der Waals surface area contributed by atoms with Crippen LogP contribution in [-0.4, -0.2) is 32.2 Å². The normalized spacial score (nSPS) is 28.2. The minimum absolute atomic E-state index is 0.972. The van der Waals surface area contributed by atoms with Gasteiger partial charge in [0.05, 0.1) is 6.04 Å². The minimum Gasteiger partial charge on any atom is -0.323 e. The number of piperazine rings is 1. The van der Waals surface area contributed by atoms with E-state index in [1.54, 1.807) is 4.90 Å². The van der Waals surface area contributed by atoms with Crippen molar-refractivity contribution in [3.8, 4) is 0 Å². The van der Waals surface area contributed by atoms with Gasteiger partial charge in [-0.2, -0.15) is 0 Å². The Morgan fingerprint density at radius 2 is 1.67 bits per heavy atom. The lowest BCUT2D eigenvalue weighted by Gasteiger charge is -2.34. The van der Waals surface area contributed by atoms with Gasteiger partial charge >= 0.3 is 0 Å². The van der Waals surface area contributed by atoms with Crippen molar-refractivity contribution in [1.82, 2.24) is 0 Å². The molecule has 0 aromatic heterocycles. The number of rotatable bonds is 3. The van der Waals surface area contributed by atoms with E-state index in [-0.39, 0.29) is 0 Å². The monoisotopic (exact) mass is 352 g/mol. The zero-order valence-electron chi connectivity index (χ0n) is 13.0. The van der Waals surface area contributed by atoms with Gasteiger partial charge in [0.15, 0.2) is 0 Å². The largest absolute Gasteiger partial charge is 0.323 e. The van der Waals surface area contributed by atoms with E-state index in [0.717, 1.165) is 6.04 Å². The van der Waals surface area contributed by atoms with Gasteiger partial charge in [0, 0.05) is 10.0 Å². The van der Waals surface area contributed by atoms with Crippen LogP contribution in [0.15, 0.2) is 28.7 Å². The average molecular weight is 353 g/mol. The number of hydrogen-bond acceptors (Lipinski definition) is 0. The van der Waals surface area contributed by atoms with Crippen molar-refractivity contribution >= 4 is 15.9 Å². The van der Waals surface area contributed by atoms with Crippen molar-refractivity contribution in [2.24, 2.45) is 0 Å². The van der Waals surface area contributed by atoms with Crippen LogP contribution in [0.25, 0.3) is 0 Å². The van der Waals surface area contributed by atoms with Gasteiger partial charge < -0.3 is 9.80 Å². The average Bonchev–Trinajstić information content (AvgIpc) is 2.77. The van der Waals surface area contributed by atoms with Crippen LogP contribution in [-0.2, 0) is 6.54 Å². The summed E-state index contributed by atoms with van der Waals surface area (Å²) in [5, 5.41) is 0. The Labute approximate surface area is 137 Å². The van der Waals surface area contributed by atoms with Crippen LogP contribution in [0.5, 0.6) is 0 Å². The van der Waals surface area contributed by atoms with Crippen LogP contribution >= 0.6 is 15.9 Å². The molecule has 3 heteroatoms. The molecule has 0 bridgehead atoms. The van der Waals surface area contributed by atoms with E-state index in [9.17, 15) is 0 Å². The van der Waals surface area contributed by atoms with Gasteiger partial charge in [-0.05, 0) is 37.8 Å². The summed E-state index contributed by atoms with van der Waals surface area (Å²) in [6.07, 6.45) is 8.87. The second-order valence-corrected chi connectivity index (χ2v) is 7.82. The lowest BCUT2D eigenvalue weighted by Crippen LogP contribution is -3.29. The second-order valence-electron chi connectivity index (χ2n) is 6.90. The SMILES string of the molecule is Brc1cccc(C[NH+]2CC[NH+](C3CCCCCC3)CC2)c1. The molecule has 0 unspecified atom stereocenters. The third kappa shape index (κ3) is 4.54. The van der Waals surface area contributed by atoms with Crippen molar-refractivity contribution in [3.05, 3.63) is 34.3 Å². The van der Waals surface area contributed by atoms with Crippen LogP contribution in [0, 0.1) is 0 Å². The minimum atomic E-state index is 0.972. The van der Waals surface area contributed by atoms with E-state index in [2.05, 4.69) is 40.2 Å². The highest BCUT2D eigenvalue weighted by molar-refractivity contribution is 9.10. The van der Waals surface area contributed by atoms with E-state index in [1.807, 2.05) is 4.90 Å². The number of nitrogens with one attached hydrogen (secondary N) is 2. The second kappa shape index (κ2) is 7.75. The standard InChI is InChI=1S/C18H27BrN2/c19-17-7-5-6-16(14-17)15-20-10-12-21(13-11-20)18-8-3-1-2-4-9-18/h5-7,14,18H,1-4,8-13,15H2/p+2. The fourth-order valence-corrected chi connectivity index (χ4v) is 4.58. The van der Waals surface area contributed by atoms with Crippen LogP contribution in [0.3, 0.4) is 0 Å². The summed E-state index contributed by atoms with van der Waals surface area (Å²) < 4.78 is 1.21. The Bertz CT molecular complexity index is 433. The fourth-order valence-electron chi connectivity index (χ4n) is 4.13. The third-order valence-corrected chi connectivity index (χ3v) is 5.87. The fraction of sp³-hybridized carbons (Fsp3) is 0.667. The van der Waals surface area contributed by atoms with E-state index >= 15 is 0 Å². The van der Waals surface area contributed by atoms with Gasteiger partial charge in [-0.3, -0.25) is 0 Å². The van der Waals surface area contributed by atoms with E-state index in [0.29, 0.717) is 0 Å². The molecule has 1 aromatic rings. The van der Waals surface area contributed by atoms with Crippen LogP contribution in [0.1, 0.15) is 44.1 Å². The number of halogens is 1. The van der Waals surface area contributed by atoms with E-state index < -0.39 is 0 Å². The quantitative estimate of drug-likeness (QED) is 0.762. The Morgan fingerprint density at radius 1 is 0.952 bits per heavy atom. The summed E-state index contributed by atoms with van der Waals surface area (Å²) in [6, 6.07) is 9.79. The van der Waals surface area contributed by atoms with Gasteiger partial charge in [-0.25, -0.2) is 0 Å². The summed E-state index contributed by atoms with van der Waals surface area (Å²) in [7, 11) is 0. The van der Waals surface area contributed by atoms with Gasteiger partial charge in [0.1, 0.15) is 32.7 Å². The molecule has 1 heterocycles. The van der Waals surface area contributed by atoms with Crippen molar-refractivity contribution < 1.29 is 9.80 Å². The third-order valence-electron chi connectivity index (χ3n) is 5.38. The smallest absolute Gasteiger partial charge is 0.127 e. The molecule has 116 valence electrons. The van der Waals surface area contributed by atoms with Crippen molar-refractivity contribution in [2.45, 2.75) is 51.1 Å². The molecule has 3 rings (SSSR count). The molecule has 1 aliphatic heterocycles. The molecular weight excluding hydrogens is 324 g/mol. The lowest BCUT2D eigenvalue weighted by molar-refractivity contribution is -1.03. The van der Waals surface area contributed by atoms with Crippen LogP contribution in [0.4, 0.5) is 0 Å². The predicted molar refractivity (Wildman–Crippen MR) is 90.7 cm³/mol. The summed E-state index contributed by atoms with van der Waals surface area (Å²) in [4.78, 5) is 3.68. The predicted octanol–water partition coefficient (Wildman–Crippen LogP) is 1.46. The summed E-state index contributed by atoms with van der Waals surface area (Å²) in [5.41, 5.74) is 1.47. The molecule has 1 aliphatic carbocycles. The first kappa shape index (κ1) is 15.5. The first-order chi connectivity index (χ1) is 10.3. The highest BCUT2D eigenvalue weighted by Crippen LogP contribution is 2.15. The van der Waals surface area contributed by atoms with E-state index in [4.69, 9.17) is 0 Å². The van der Waals surface area contributed by atoms with Crippen LogP contribution < -0.4 is 9.80 Å². The topological polar surface area (TPSA) is 8.88 Å². The summed E-state index contributed by atoms with van der Waals surface area (Å²) >= 11 is 3.58. The maximum Gasteiger partial charge on any atom is 0.127 e. The molecular formula is C18H29BrN2+2. The van der Waals surface area contributed by atoms with Crippen molar-refractivity contribution in [3.63, 3.8) is 0 Å². The zero-order chi connectivity index (χ0) is 14.5. The highest BCUT2D eigenvalue weighted by Gasteiger charge is 2.29. The molecule has 2 aliphatic rings. The van der Waals surface area contributed by atoms with Gasteiger partial charge in [0.25, 0.3) is 0 Å². The highest BCUT2D eigenvalue weighted by atomic mass is 79.9. The van der Waals surface area contributed by atoms with Crippen molar-refractivity contribution in [1.29, 1.82) is 0 Å². The molecule has 21 heavy (non-hydrogen) atoms.